The maximum absolute atomic E-state index is 11.8. The smallest absolute Gasteiger partial charge is 0.251 e. The molecule has 0 radical (unpaired) electrons. The first-order valence-electron chi connectivity index (χ1n) is 5.25. The molecular weight excluding hydrogens is 180 g/mol. The van der Waals surface area contributed by atoms with Gasteiger partial charge in [0.1, 0.15) is 6.10 Å². The lowest BCUT2D eigenvalue weighted by molar-refractivity contribution is -0.153. The summed E-state index contributed by atoms with van der Waals surface area (Å²) in [5.74, 6) is 0.617. The maximum Gasteiger partial charge on any atom is 0.251 e. The molecule has 0 aliphatic carbocycles. The van der Waals surface area contributed by atoms with E-state index in [9.17, 15) is 4.79 Å². The lowest BCUT2D eigenvalue weighted by atomic mass is 10.1. The van der Waals surface area contributed by atoms with Gasteiger partial charge in [-0.05, 0) is 18.9 Å². The SMILES string of the molecule is CC(C)CN1CCOC(CCN)C1=O. The molecule has 82 valence electrons. The van der Waals surface area contributed by atoms with Crippen LogP contribution in [0.3, 0.4) is 0 Å². The van der Waals surface area contributed by atoms with E-state index < -0.39 is 0 Å². The summed E-state index contributed by atoms with van der Waals surface area (Å²) in [6.07, 6.45) is 0.334. The topological polar surface area (TPSA) is 55.6 Å². The third-order valence-corrected chi connectivity index (χ3v) is 2.28. The van der Waals surface area contributed by atoms with Crippen LogP contribution in [0.25, 0.3) is 0 Å². The van der Waals surface area contributed by atoms with Crippen LogP contribution in [-0.2, 0) is 9.53 Å². The van der Waals surface area contributed by atoms with Gasteiger partial charge in [-0.2, -0.15) is 0 Å². The molecule has 0 aromatic carbocycles. The standard InChI is InChI=1S/C10H20N2O2/c1-8(2)7-12-5-6-14-9(3-4-11)10(12)13/h8-9H,3-7,11H2,1-2H3. The minimum absolute atomic E-state index is 0.107. The third kappa shape index (κ3) is 2.96. The lowest BCUT2D eigenvalue weighted by Crippen LogP contribution is -2.49. The molecule has 1 aliphatic rings. The summed E-state index contributed by atoms with van der Waals surface area (Å²) < 4.78 is 5.37. The zero-order valence-corrected chi connectivity index (χ0v) is 9.03. The molecule has 2 N–H and O–H groups in total. The summed E-state index contributed by atoms with van der Waals surface area (Å²) in [6, 6.07) is 0. The highest BCUT2D eigenvalue weighted by Gasteiger charge is 2.28. The molecule has 1 amide bonds. The summed E-state index contributed by atoms with van der Waals surface area (Å²) in [7, 11) is 0. The summed E-state index contributed by atoms with van der Waals surface area (Å²) in [5.41, 5.74) is 5.42. The minimum Gasteiger partial charge on any atom is -0.366 e. The summed E-state index contributed by atoms with van der Waals surface area (Å²) in [6.45, 7) is 6.91. The van der Waals surface area contributed by atoms with Gasteiger partial charge in [-0.3, -0.25) is 4.79 Å². The molecule has 0 aromatic heterocycles. The molecular formula is C10H20N2O2. The Morgan fingerprint density at radius 1 is 1.64 bits per heavy atom. The fourth-order valence-corrected chi connectivity index (χ4v) is 1.67. The van der Waals surface area contributed by atoms with Crippen LogP contribution in [0.5, 0.6) is 0 Å². The van der Waals surface area contributed by atoms with E-state index in [-0.39, 0.29) is 12.0 Å². The number of morpholine rings is 1. The van der Waals surface area contributed by atoms with Gasteiger partial charge in [-0.1, -0.05) is 13.8 Å². The highest BCUT2D eigenvalue weighted by Crippen LogP contribution is 2.11. The van der Waals surface area contributed by atoms with Crippen molar-refractivity contribution in [2.24, 2.45) is 11.7 Å². The molecule has 4 heteroatoms. The summed E-state index contributed by atoms with van der Waals surface area (Å²) in [4.78, 5) is 13.7. The Labute approximate surface area is 85.4 Å². The van der Waals surface area contributed by atoms with E-state index in [2.05, 4.69) is 13.8 Å². The van der Waals surface area contributed by atoms with Crippen LogP contribution >= 0.6 is 0 Å². The van der Waals surface area contributed by atoms with Crippen molar-refractivity contribution in [1.29, 1.82) is 0 Å². The molecule has 4 nitrogen and oxygen atoms in total. The number of carbonyl (C=O) groups excluding carboxylic acids is 1. The van der Waals surface area contributed by atoms with Crippen LogP contribution in [-0.4, -0.2) is 43.2 Å². The predicted molar refractivity (Wildman–Crippen MR) is 54.8 cm³/mol. The second-order valence-electron chi connectivity index (χ2n) is 4.11. The third-order valence-electron chi connectivity index (χ3n) is 2.28. The van der Waals surface area contributed by atoms with E-state index in [0.29, 0.717) is 25.5 Å². The van der Waals surface area contributed by atoms with Gasteiger partial charge in [0.2, 0.25) is 0 Å². The van der Waals surface area contributed by atoms with Gasteiger partial charge in [0, 0.05) is 13.1 Å². The van der Waals surface area contributed by atoms with Crippen LogP contribution in [0.4, 0.5) is 0 Å². The van der Waals surface area contributed by atoms with Gasteiger partial charge >= 0.3 is 0 Å². The number of nitrogens with two attached hydrogens (primary N) is 1. The largest absolute Gasteiger partial charge is 0.366 e. The second-order valence-corrected chi connectivity index (χ2v) is 4.11. The van der Waals surface area contributed by atoms with E-state index in [1.807, 2.05) is 4.90 Å². The Morgan fingerprint density at radius 2 is 2.36 bits per heavy atom. The number of nitrogens with zero attached hydrogens (tertiary/aromatic N) is 1. The van der Waals surface area contributed by atoms with E-state index in [0.717, 1.165) is 13.1 Å². The molecule has 1 fully saturated rings. The van der Waals surface area contributed by atoms with Crippen molar-refractivity contribution in [2.45, 2.75) is 26.4 Å². The number of ether oxygens (including phenoxy) is 1. The molecule has 1 aliphatic heterocycles. The monoisotopic (exact) mass is 200 g/mol. The number of hydrogen-bond donors (Lipinski definition) is 1. The van der Waals surface area contributed by atoms with E-state index >= 15 is 0 Å². The summed E-state index contributed by atoms with van der Waals surface area (Å²) in [5, 5.41) is 0. The number of carbonyl (C=O) groups is 1. The Balaban J connectivity index is 2.48. The quantitative estimate of drug-likeness (QED) is 0.706. The zero-order valence-electron chi connectivity index (χ0n) is 9.03. The van der Waals surface area contributed by atoms with Crippen molar-refractivity contribution in [1.82, 2.24) is 4.90 Å². The molecule has 14 heavy (non-hydrogen) atoms. The second kappa shape index (κ2) is 5.32. The first kappa shape index (κ1) is 11.5. The van der Waals surface area contributed by atoms with Gasteiger partial charge in [0.15, 0.2) is 0 Å². The number of amides is 1. The van der Waals surface area contributed by atoms with Crippen LogP contribution < -0.4 is 5.73 Å². The van der Waals surface area contributed by atoms with Gasteiger partial charge in [-0.15, -0.1) is 0 Å². The Morgan fingerprint density at radius 3 is 2.93 bits per heavy atom. The highest BCUT2D eigenvalue weighted by molar-refractivity contribution is 5.81. The van der Waals surface area contributed by atoms with Crippen molar-refractivity contribution in [2.75, 3.05) is 26.2 Å². The van der Waals surface area contributed by atoms with Gasteiger partial charge < -0.3 is 15.4 Å². The van der Waals surface area contributed by atoms with Gasteiger partial charge in [0.25, 0.3) is 5.91 Å². The molecule has 1 saturated heterocycles. The molecule has 0 bridgehead atoms. The lowest BCUT2D eigenvalue weighted by Gasteiger charge is -2.33. The number of rotatable bonds is 4. The minimum atomic E-state index is -0.299. The van der Waals surface area contributed by atoms with Crippen molar-refractivity contribution < 1.29 is 9.53 Å². The molecule has 1 unspecified atom stereocenters. The summed E-state index contributed by atoms with van der Waals surface area (Å²) >= 11 is 0. The molecule has 0 spiro atoms. The van der Waals surface area contributed by atoms with E-state index in [4.69, 9.17) is 10.5 Å². The maximum atomic E-state index is 11.8. The normalized spacial score (nSPS) is 23.3. The molecule has 0 aromatic rings. The fraction of sp³-hybridized carbons (Fsp3) is 0.900. The van der Waals surface area contributed by atoms with Crippen LogP contribution in [0, 0.1) is 5.92 Å². The van der Waals surface area contributed by atoms with Crippen molar-refractivity contribution in [3.63, 3.8) is 0 Å². The fourth-order valence-electron chi connectivity index (χ4n) is 1.67. The Kier molecular flexibility index (Phi) is 4.35. The van der Waals surface area contributed by atoms with E-state index in [1.165, 1.54) is 0 Å². The Bertz CT molecular complexity index is 193. The van der Waals surface area contributed by atoms with Crippen LogP contribution in [0.15, 0.2) is 0 Å². The van der Waals surface area contributed by atoms with E-state index in [1.54, 1.807) is 0 Å². The number of hydrogen-bond acceptors (Lipinski definition) is 3. The molecule has 1 heterocycles. The average Bonchev–Trinajstić information content (AvgIpc) is 2.11. The molecule has 1 rings (SSSR count). The molecule has 1 atom stereocenters. The zero-order chi connectivity index (χ0) is 10.6. The first-order chi connectivity index (χ1) is 6.65. The predicted octanol–water partition coefficient (Wildman–Crippen LogP) is 0.219. The van der Waals surface area contributed by atoms with Gasteiger partial charge in [-0.25, -0.2) is 0 Å². The van der Waals surface area contributed by atoms with Crippen molar-refractivity contribution >= 4 is 5.91 Å². The Hall–Kier alpha value is -0.610. The first-order valence-corrected chi connectivity index (χ1v) is 5.25. The van der Waals surface area contributed by atoms with Gasteiger partial charge in [0.05, 0.1) is 6.61 Å². The molecule has 0 saturated carbocycles. The van der Waals surface area contributed by atoms with Crippen LogP contribution in [0.2, 0.25) is 0 Å². The highest BCUT2D eigenvalue weighted by atomic mass is 16.5. The van der Waals surface area contributed by atoms with Crippen molar-refractivity contribution in [3.05, 3.63) is 0 Å². The van der Waals surface area contributed by atoms with Crippen LogP contribution in [0.1, 0.15) is 20.3 Å². The van der Waals surface area contributed by atoms with Crippen molar-refractivity contribution in [3.8, 4) is 0 Å². The average molecular weight is 200 g/mol.